The first kappa shape index (κ1) is 33.1. The molecule has 5 aromatic carbocycles. The predicted octanol–water partition coefficient (Wildman–Crippen LogP) is 13.8. The average molecular weight is 690 g/mol. The van der Waals surface area contributed by atoms with Crippen LogP contribution in [-0.2, 0) is 0 Å². The van der Waals surface area contributed by atoms with E-state index < -0.39 is 0 Å². The molecule has 0 unspecified atom stereocenters. The summed E-state index contributed by atoms with van der Waals surface area (Å²) in [6.45, 7) is 10.2. The summed E-state index contributed by atoms with van der Waals surface area (Å²) >= 11 is 1.88. The van der Waals surface area contributed by atoms with Crippen molar-refractivity contribution in [3.63, 3.8) is 0 Å². The number of aromatic nitrogens is 3. The normalized spacial score (nSPS) is 12.8. The van der Waals surface area contributed by atoms with Gasteiger partial charge < -0.3 is 4.57 Å². The number of fused-ring (bicyclic) bond motifs is 7. The van der Waals surface area contributed by atoms with Crippen LogP contribution in [0.15, 0.2) is 164 Å². The fourth-order valence-corrected chi connectivity index (χ4v) is 8.39. The molecule has 3 nitrogen and oxygen atoms in total. The third-order valence-electron chi connectivity index (χ3n) is 9.57. The quantitative estimate of drug-likeness (QED) is 0.141. The van der Waals surface area contributed by atoms with Crippen molar-refractivity contribution in [2.75, 3.05) is 0 Å². The molecular weight excluding hydrogens is 651 g/mol. The summed E-state index contributed by atoms with van der Waals surface area (Å²) in [7, 11) is 0. The molecule has 0 fully saturated rings. The molecule has 0 aliphatic heterocycles. The van der Waals surface area contributed by atoms with Gasteiger partial charge in [-0.1, -0.05) is 135 Å². The van der Waals surface area contributed by atoms with Crippen molar-refractivity contribution in [2.45, 2.75) is 27.2 Å². The van der Waals surface area contributed by atoms with Crippen LogP contribution in [0.5, 0.6) is 0 Å². The van der Waals surface area contributed by atoms with E-state index in [1.54, 1.807) is 6.08 Å². The van der Waals surface area contributed by atoms with Gasteiger partial charge in [-0.05, 0) is 73.4 Å². The molecule has 3 heterocycles. The van der Waals surface area contributed by atoms with Gasteiger partial charge in [0.2, 0.25) is 0 Å². The smallest absolute Gasteiger partial charge is 0.160 e. The molecule has 0 bridgehead atoms. The van der Waals surface area contributed by atoms with Crippen molar-refractivity contribution in [1.82, 2.24) is 14.5 Å². The molecule has 52 heavy (non-hydrogen) atoms. The minimum absolute atomic E-state index is 0.697. The van der Waals surface area contributed by atoms with E-state index in [0.717, 1.165) is 40.2 Å². The Kier molecular flexibility index (Phi) is 9.07. The van der Waals surface area contributed by atoms with Gasteiger partial charge in [0.05, 0.1) is 27.1 Å². The summed E-state index contributed by atoms with van der Waals surface area (Å²) in [5.74, 6) is 0.697. The average Bonchev–Trinajstić information content (AvgIpc) is 3.74. The molecule has 0 aliphatic carbocycles. The number of allylic oxidation sites excluding steroid dienone is 9. The van der Waals surface area contributed by atoms with Crippen molar-refractivity contribution in [3.05, 3.63) is 176 Å². The SMILES string of the molecule is C=C/C=C\C(=C/C)c1cc(-c2ccc(-n3c4ccc(C(/C=C\C)=C/CC)cc4c4ccc5c6ccccc6sc5c43)cc2)nc(-c2ccccc2)n1. The summed E-state index contributed by atoms with van der Waals surface area (Å²) in [6.07, 6.45) is 15.5. The second-order valence-corrected chi connectivity index (χ2v) is 13.8. The first-order valence-electron chi connectivity index (χ1n) is 17.8. The van der Waals surface area contributed by atoms with E-state index in [1.807, 2.05) is 48.6 Å². The fourth-order valence-electron chi connectivity index (χ4n) is 7.15. The Morgan fingerprint density at radius 3 is 2.29 bits per heavy atom. The van der Waals surface area contributed by atoms with E-state index in [4.69, 9.17) is 9.97 Å². The number of hydrogen-bond donors (Lipinski definition) is 0. The topological polar surface area (TPSA) is 30.7 Å². The molecule has 252 valence electrons. The highest BCUT2D eigenvalue weighted by Crippen LogP contribution is 2.43. The van der Waals surface area contributed by atoms with Gasteiger partial charge in [0.1, 0.15) is 0 Å². The van der Waals surface area contributed by atoms with Crippen LogP contribution in [0.3, 0.4) is 0 Å². The summed E-state index contributed by atoms with van der Waals surface area (Å²) < 4.78 is 5.06. The summed E-state index contributed by atoms with van der Waals surface area (Å²) in [5.41, 5.74) is 10.8. The number of thiophene rings is 1. The van der Waals surface area contributed by atoms with Crippen LogP contribution < -0.4 is 0 Å². The minimum atomic E-state index is 0.697. The van der Waals surface area contributed by atoms with E-state index in [1.165, 1.54) is 53.1 Å². The molecule has 0 N–H and O–H groups in total. The van der Waals surface area contributed by atoms with Gasteiger partial charge in [0, 0.05) is 43.1 Å². The van der Waals surface area contributed by atoms with Crippen LogP contribution in [0.25, 0.3) is 81.5 Å². The standard InChI is InChI=1S/C48H39N3S/c1-5-9-17-32(8-4)42-31-43(50-48(49-42)35-18-11-10-12-19-35)34-22-25-37(26-23-34)51-44-29-24-36(33(15-6-2)16-7-3)30-41(44)39-27-28-40-38-20-13-14-21-45(38)52-47(40)46(39)51/h5-6,8-31H,1,7H2,2-4H3/b15-6-,17-9-,32-8+,33-16+. The van der Waals surface area contributed by atoms with Crippen LogP contribution >= 0.6 is 11.3 Å². The van der Waals surface area contributed by atoms with Gasteiger partial charge in [-0.2, -0.15) is 0 Å². The van der Waals surface area contributed by atoms with Crippen LogP contribution in [0.1, 0.15) is 38.4 Å². The maximum Gasteiger partial charge on any atom is 0.160 e. The van der Waals surface area contributed by atoms with Crippen molar-refractivity contribution in [2.24, 2.45) is 0 Å². The van der Waals surface area contributed by atoms with E-state index in [-0.39, 0.29) is 0 Å². The minimum Gasteiger partial charge on any atom is -0.308 e. The van der Waals surface area contributed by atoms with E-state index >= 15 is 0 Å². The molecule has 8 rings (SSSR count). The first-order chi connectivity index (χ1) is 25.6. The first-order valence-corrected chi connectivity index (χ1v) is 18.7. The Hall–Kier alpha value is -6.10. The lowest BCUT2D eigenvalue weighted by atomic mass is 10.0. The van der Waals surface area contributed by atoms with Gasteiger partial charge in [-0.15, -0.1) is 11.3 Å². The van der Waals surface area contributed by atoms with Crippen LogP contribution in [0.2, 0.25) is 0 Å². The molecule has 0 saturated carbocycles. The van der Waals surface area contributed by atoms with Gasteiger partial charge in [0.25, 0.3) is 0 Å². The zero-order valence-electron chi connectivity index (χ0n) is 29.7. The molecule has 0 atom stereocenters. The predicted molar refractivity (Wildman–Crippen MR) is 226 cm³/mol. The molecular formula is C48H39N3S. The molecule has 0 radical (unpaired) electrons. The molecule has 0 saturated heterocycles. The number of benzene rings is 5. The summed E-state index contributed by atoms with van der Waals surface area (Å²) in [4.78, 5) is 10.1. The number of nitrogens with zero attached hydrogens (tertiary/aromatic N) is 3. The van der Waals surface area contributed by atoms with Gasteiger partial charge in [0.15, 0.2) is 5.82 Å². The highest BCUT2D eigenvalue weighted by molar-refractivity contribution is 7.26. The molecule has 0 spiro atoms. The van der Waals surface area contributed by atoms with Crippen molar-refractivity contribution >= 4 is 64.5 Å². The molecule has 4 heteroatoms. The van der Waals surface area contributed by atoms with Crippen LogP contribution in [-0.4, -0.2) is 14.5 Å². The second kappa shape index (κ2) is 14.3. The van der Waals surface area contributed by atoms with Crippen LogP contribution in [0.4, 0.5) is 0 Å². The van der Waals surface area contributed by atoms with E-state index in [2.05, 4.69) is 146 Å². The molecule has 0 aliphatic rings. The highest BCUT2D eigenvalue weighted by Gasteiger charge is 2.19. The molecule has 3 aromatic heterocycles. The van der Waals surface area contributed by atoms with Crippen molar-refractivity contribution in [1.29, 1.82) is 0 Å². The third kappa shape index (κ3) is 5.91. The monoisotopic (exact) mass is 689 g/mol. The van der Waals surface area contributed by atoms with Gasteiger partial charge in [-0.25, -0.2) is 9.97 Å². The second-order valence-electron chi connectivity index (χ2n) is 12.8. The maximum atomic E-state index is 5.09. The number of rotatable bonds is 9. The van der Waals surface area contributed by atoms with E-state index in [9.17, 15) is 0 Å². The zero-order chi connectivity index (χ0) is 35.6. The van der Waals surface area contributed by atoms with Gasteiger partial charge in [-0.3, -0.25) is 0 Å². The van der Waals surface area contributed by atoms with E-state index in [0.29, 0.717) is 5.82 Å². The summed E-state index contributed by atoms with van der Waals surface area (Å²) in [5, 5.41) is 5.11. The Bertz CT molecular complexity index is 2740. The van der Waals surface area contributed by atoms with Crippen molar-refractivity contribution < 1.29 is 0 Å². The highest BCUT2D eigenvalue weighted by atomic mass is 32.1. The molecule has 8 aromatic rings. The Labute approximate surface area is 308 Å². The molecule has 0 amide bonds. The lowest BCUT2D eigenvalue weighted by Crippen LogP contribution is -1.98. The summed E-state index contributed by atoms with van der Waals surface area (Å²) in [6, 6.07) is 41.4. The Morgan fingerprint density at radius 2 is 1.52 bits per heavy atom. The van der Waals surface area contributed by atoms with Crippen LogP contribution in [0, 0.1) is 0 Å². The Balaban J connectivity index is 1.33. The lowest BCUT2D eigenvalue weighted by molar-refractivity contribution is 1.15. The fraction of sp³-hybridized carbons (Fsp3) is 0.0833. The number of hydrogen-bond acceptors (Lipinski definition) is 3. The largest absolute Gasteiger partial charge is 0.308 e. The van der Waals surface area contributed by atoms with Gasteiger partial charge >= 0.3 is 0 Å². The zero-order valence-corrected chi connectivity index (χ0v) is 30.5. The third-order valence-corrected chi connectivity index (χ3v) is 10.8. The maximum absolute atomic E-state index is 5.09. The Morgan fingerprint density at radius 1 is 0.731 bits per heavy atom. The lowest BCUT2D eigenvalue weighted by Gasteiger charge is -2.12. The van der Waals surface area contributed by atoms with Crippen molar-refractivity contribution in [3.8, 4) is 28.3 Å².